The number of urea groups is 1. The molecule has 1 aromatic heterocycles. The minimum Gasteiger partial charge on any atom is -0.493 e. The van der Waals surface area contributed by atoms with Crippen molar-refractivity contribution >= 4 is 29.4 Å². The Bertz CT molecular complexity index is 1270. The second-order valence-electron chi connectivity index (χ2n) is 8.34. The van der Waals surface area contributed by atoms with Gasteiger partial charge in [-0.1, -0.05) is 29.8 Å². The molecule has 3 heterocycles. The zero-order chi connectivity index (χ0) is 23.9. The molecule has 1 spiro atoms. The summed E-state index contributed by atoms with van der Waals surface area (Å²) >= 11 is 5.93. The van der Waals surface area contributed by atoms with Crippen LogP contribution in [0.25, 0.3) is 11.3 Å². The lowest BCUT2D eigenvalue weighted by Crippen LogP contribution is -2.48. The van der Waals surface area contributed by atoms with Gasteiger partial charge in [0, 0.05) is 29.6 Å². The minimum atomic E-state index is -1.21. The molecule has 8 nitrogen and oxygen atoms in total. The van der Waals surface area contributed by atoms with Gasteiger partial charge in [-0.2, -0.15) is 0 Å². The number of imide groups is 1. The number of fused-ring (bicyclic) bond motifs is 2. The van der Waals surface area contributed by atoms with Gasteiger partial charge in [0.1, 0.15) is 23.8 Å². The van der Waals surface area contributed by atoms with Gasteiger partial charge in [0.2, 0.25) is 5.91 Å². The van der Waals surface area contributed by atoms with Crippen molar-refractivity contribution in [2.24, 2.45) is 0 Å². The Labute approximate surface area is 201 Å². The Hall–Kier alpha value is -3.78. The summed E-state index contributed by atoms with van der Waals surface area (Å²) in [6, 6.07) is 17.4. The van der Waals surface area contributed by atoms with Gasteiger partial charge < -0.3 is 19.4 Å². The summed E-state index contributed by atoms with van der Waals surface area (Å²) in [5, 5.41) is 3.44. The smallest absolute Gasteiger partial charge is 0.325 e. The lowest BCUT2D eigenvalue weighted by atomic mass is 9.84. The van der Waals surface area contributed by atoms with Crippen molar-refractivity contribution in [2.75, 3.05) is 20.2 Å². The maximum absolute atomic E-state index is 13.3. The van der Waals surface area contributed by atoms with Crippen molar-refractivity contribution in [1.29, 1.82) is 0 Å². The van der Waals surface area contributed by atoms with Crippen molar-refractivity contribution in [1.82, 2.24) is 15.1 Å². The summed E-state index contributed by atoms with van der Waals surface area (Å²) in [6.07, 6.45) is 0.301. The Kier molecular flexibility index (Phi) is 5.53. The third-order valence-electron chi connectivity index (χ3n) is 6.16. The summed E-state index contributed by atoms with van der Waals surface area (Å²) in [6.45, 7) is 0.119. The normalized spacial score (nSPS) is 19.1. The minimum absolute atomic E-state index is 0.192. The molecule has 2 aromatic carbocycles. The number of likely N-dealkylation sites (N-methyl/N-ethyl adjacent to an activating group) is 1. The molecule has 34 heavy (non-hydrogen) atoms. The molecule has 0 saturated carbocycles. The van der Waals surface area contributed by atoms with Gasteiger partial charge in [0.25, 0.3) is 5.91 Å². The van der Waals surface area contributed by atoms with E-state index in [4.69, 9.17) is 20.8 Å². The van der Waals surface area contributed by atoms with E-state index in [0.29, 0.717) is 40.9 Å². The molecule has 3 aromatic rings. The van der Waals surface area contributed by atoms with Gasteiger partial charge >= 0.3 is 6.03 Å². The van der Waals surface area contributed by atoms with Crippen LogP contribution in [0.3, 0.4) is 0 Å². The number of carbonyl (C=O) groups is 3. The molecule has 5 rings (SSSR count). The van der Waals surface area contributed by atoms with Gasteiger partial charge in [-0.15, -0.1) is 0 Å². The lowest BCUT2D eigenvalue weighted by molar-refractivity contribution is -0.139. The van der Waals surface area contributed by atoms with E-state index in [-0.39, 0.29) is 19.0 Å². The number of halogens is 1. The van der Waals surface area contributed by atoms with Crippen LogP contribution in [0.4, 0.5) is 4.79 Å². The maximum Gasteiger partial charge on any atom is 0.325 e. The fourth-order valence-electron chi connectivity index (χ4n) is 4.33. The first-order chi connectivity index (χ1) is 16.4. The molecule has 0 bridgehead atoms. The quantitative estimate of drug-likeness (QED) is 0.562. The Morgan fingerprint density at radius 2 is 1.88 bits per heavy atom. The van der Waals surface area contributed by atoms with E-state index < -0.39 is 17.5 Å². The molecule has 1 unspecified atom stereocenters. The van der Waals surface area contributed by atoms with E-state index in [2.05, 4.69) is 5.32 Å². The van der Waals surface area contributed by atoms with Gasteiger partial charge in [-0.3, -0.25) is 14.5 Å². The SMILES string of the molecule is CN(Cc1ccc(-c2ccc(Cl)cc2)o1)C(=O)CN1C(=O)NC2(CCOc3ccccc32)C1=O. The van der Waals surface area contributed by atoms with E-state index in [1.165, 1.54) is 4.90 Å². The van der Waals surface area contributed by atoms with Crippen LogP contribution in [0, 0.1) is 0 Å². The second-order valence-corrected chi connectivity index (χ2v) is 8.78. The van der Waals surface area contributed by atoms with Crippen LogP contribution < -0.4 is 10.1 Å². The van der Waals surface area contributed by atoms with E-state index in [1.807, 2.05) is 24.3 Å². The van der Waals surface area contributed by atoms with Crippen LogP contribution in [0.15, 0.2) is 65.1 Å². The van der Waals surface area contributed by atoms with E-state index >= 15 is 0 Å². The number of nitrogens with zero attached hydrogens (tertiary/aromatic N) is 2. The first-order valence-electron chi connectivity index (χ1n) is 10.8. The molecule has 0 aliphatic carbocycles. The Morgan fingerprint density at radius 3 is 2.68 bits per heavy atom. The van der Waals surface area contributed by atoms with E-state index in [1.54, 1.807) is 43.4 Å². The van der Waals surface area contributed by atoms with Crippen LogP contribution >= 0.6 is 11.6 Å². The van der Waals surface area contributed by atoms with Crippen LogP contribution in [0.1, 0.15) is 17.7 Å². The summed E-state index contributed by atoms with van der Waals surface area (Å²) in [4.78, 5) is 41.4. The molecule has 9 heteroatoms. The predicted octanol–water partition coefficient (Wildman–Crippen LogP) is 3.79. The Balaban J connectivity index is 1.27. The highest BCUT2D eigenvalue weighted by molar-refractivity contribution is 6.30. The molecular formula is C25H22ClN3O5. The van der Waals surface area contributed by atoms with Crippen molar-refractivity contribution in [2.45, 2.75) is 18.5 Å². The van der Waals surface area contributed by atoms with Crippen molar-refractivity contribution < 1.29 is 23.5 Å². The first kappa shape index (κ1) is 22.0. The molecule has 4 amide bonds. The molecule has 1 saturated heterocycles. The highest BCUT2D eigenvalue weighted by Gasteiger charge is 2.55. The van der Waals surface area contributed by atoms with Gasteiger partial charge in [0.05, 0.1) is 13.2 Å². The average Bonchev–Trinajstić information content (AvgIpc) is 3.39. The van der Waals surface area contributed by atoms with E-state index in [0.717, 1.165) is 10.5 Å². The molecule has 174 valence electrons. The highest BCUT2D eigenvalue weighted by Crippen LogP contribution is 2.40. The van der Waals surface area contributed by atoms with Gasteiger partial charge in [-0.05, 0) is 42.5 Å². The predicted molar refractivity (Wildman–Crippen MR) is 124 cm³/mol. The fraction of sp³-hybridized carbons (Fsp3) is 0.240. The molecule has 1 N–H and O–H groups in total. The first-order valence-corrected chi connectivity index (χ1v) is 11.2. The number of para-hydroxylation sites is 1. The Morgan fingerprint density at radius 1 is 1.12 bits per heavy atom. The van der Waals surface area contributed by atoms with E-state index in [9.17, 15) is 14.4 Å². The molecule has 0 radical (unpaired) electrons. The lowest BCUT2D eigenvalue weighted by Gasteiger charge is -2.33. The topological polar surface area (TPSA) is 92.1 Å². The number of ether oxygens (including phenoxy) is 1. The van der Waals surface area contributed by atoms with Gasteiger partial charge in [-0.25, -0.2) is 4.79 Å². The summed E-state index contributed by atoms with van der Waals surface area (Å²) in [5.41, 5.74) is 0.262. The molecule has 2 aliphatic rings. The molecule has 1 atom stereocenters. The van der Waals surface area contributed by atoms with Crippen LogP contribution in [0.2, 0.25) is 5.02 Å². The second kappa shape index (κ2) is 8.53. The zero-order valence-corrected chi connectivity index (χ0v) is 19.2. The summed E-state index contributed by atoms with van der Waals surface area (Å²) in [5.74, 6) is 0.958. The fourth-order valence-corrected chi connectivity index (χ4v) is 4.45. The third kappa shape index (κ3) is 3.80. The molecular weight excluding hydrogens is 458 g/mol. The average molecular weight is 480 g/mol. The van der Waals surface area contributed by atoms with Crippen molar-refractivity contribution in [3.05, 3.63) is 77.0 Å². The molecule has 1 fully saturated rings. The number of hydrogen-bond acceptors (Lipinski definition) is 5. The third-order valence-corrected chi connectivity index (χ3v) is 6.41. The van der Waals surface area contributed by atoms with Crippen molar-refractivity contribution in [3.8, 4) is 17.1 Å². The van der Waals surface area contributed by atoms with Crippen LogP contribution in [-0.4, -0.2) is 47.8 Å². The van der Waals surface area contributed by atoms with Gasteiger partial charge in [0.15, 0.2) is 5.54 Å². The standard InChI is InChI=1S/C25H22ClN3O5/c1-28(14-18-10-11-20(34-18)16-6-8-17(26)9-7-16)22(30)15-29-23(31)25(27-24(29)32)12-13-33-21-5-3-2-4-19(21)25/h2-11H,12-15H2,1H3,(H,27,32). The number of rotatable bonds is 5. The number of nitrogens with one attached hydrogen (secondary N) is 1. The number of furan rings is 1. The summed E-state index contributed by atoms with van der Waals surface area (Å²) < 4.78 is 11.5. The molecule has 2 aliphatic heterocycles. The number of amides is 4. The largest absolute Gasteiger partial charge is 0.493 e. The van der Waals surface area contributed by atoms with Crippen molar-refractivity contribution in [3.63, 3.8) is 0 Å². The maximum atomic E-state index is 13.3. The van der Waals surface area contributed by atoms with Crippen LogP contribution in [-0.2, 0) is 21.7 Å². The highest BCUT2D eigenvalue weighted by atomic mass is 35.5. The number of hydrogen-bond donors (Lipinski definition) is 1. The van der Waals surface area contributed by atoms with Crippen LogP contribution in [0.5, 0.6) is 5.75 Å². The summed E-state index contributed by atoms with van der Waals surface area (Å²) in [7, 11) is 1.60. The zero-order valence-electron chi connectivity index (χ0n) is 18.4. The number of carbonyl (C=O) groups excluding carboxylic acids is 3. The monoisotopic (exact) mass is 479 g/mol. The number of benzene rings is 2.